The van der Waals surface area contributed by atoms with Crippen LogP contribution in [0.25, 0.3) is 10.8 Å². The van der Waals surface area contributed by atoms with E-state index in [2.05, 4.69) is 12.1 Å². The molecule has 0 radical (unpaired) electrons. The molecule has 32 heavy (non-hydrogen) atoms. The monoisotopic (exact) mass is 450 g/mol. The van der Waals surface area contributed by atoms with Crippen molar-refractivity contribution < 1.29 is 17.9 Å². The van der Waals surface area contributed by atoms with Crippen LogP contribution >= 0.6 is 0 Å². The Kier molecular flexibility index (Phi) is 5.39. The van der Waals surface area contributed by atoms with Gasteiger partial charge in [0.25, 0.3) is 5.91 Å². The molecule has 7 heteroatoms. The van der Waals surface area contributed by atoms with E-state index in [1.54, 1.807) is 29.2 Å². The Morgan fingerprint density at radius 2 is 1.59 bits per heavy atom. The first-order valence-corrected chi connectivity index (χ1v) is 12.5. The third-order valence-electron chi connectivity index (χ3n) is 6.41. The summed E-state index contributed by atoms with van der Waals surface area (Å²) in [5.74, 6) is 0.617. The molecule has 2 aliphatic rings. The molecule has 0 atom stereocenters. The molecule has 1 fully saturated rings. The van der Waals surface area contributed by atoms with Crippen LogP contribution in [-0.4, -0.2) is 56.3 Å². The summed E-state index contributed by atoms with van der Waals surface area (Å²) in [4.78, 5) is 15.3. The number of hydrogen-bond acceptors (Lipinski definition) is 4. The molecule has 3 aromatic carbocycles. The average molecular weight is 451 g/mol. The number of amides is 1. The first-order valence-electron chi connectivity index (χ1n) is 11.0. The van der Waals surface area contributed by atoms with E-state index in [4.69, 9.17) is 4.74 Å². The zero-order valence-electron chi connectivity index (χ0n) is 18.1. The van der Waals surface area contributed by atoms with Crippen LogP contribution in [-0.2, 0) is 22.9 Å². The van der Waals surface area contributed by atoms with E-state index in [9.17, 15) is 13.2 Å². The van der Waals surface area contributed by atoms with E-state index in [1.165, 1.54) is 20.8 Å². The Hall–Kier alpha value is -2.90. The van der Waals surface area contributed by atoms with Gasteiger partial charge in [0.05, 0.1) is 11.5 Å². The van der Waals surface area contributed by atoms with E-state index >= 15 is 0 Å². The van der Waals surface area contributed by atoms with Gasteiger partial charge in [-0.25, -0.2) is 8.42 Å². The SMILES string of the molecule is CCOc1ccc(S(=O)(=O)N2CCN(C(=O)c3ccc4c5c(cccc35)CC4)CC2)cc1. The summed E-state index contributed by atoms with van der Waals surface area (Å²) in [5, 5.41) is 2.22. The van der Waals surface area contributed by atoms with E-state index < -0.39 is 10.0 Å². The van der Waals surface area contributed by atoms with Crippen molar-refractivity contribution in [3.8, 4) is 5.75 Å². The molecule has 5 rings (SSSR count). The van der Waals surface area contributed by atoms with Gasteiger partial charge in [0, 0.05) is 31.7 Å². The minimum Gasteiger partial charge on any atom is -0.494 e. The molecule has 0 spiro atoms. The molecule has 3 aromatic rings. The number of carbonyl (C=O) groups is 1. The van der Waals surface area contributed by atoms with Gasteiger partial charge in [-0.05, 0) is 72.0 Å². The fourth-order valence-electron chi connectivity index (χ4n) is 4.76. The lowest BCUT2D eigenvalue weighted by Crippen LogP contribution is -2.50. The first kappa shape index (κ1) is 21.0. The summed E-state index contributed by atoms with van der Waals surface area (Å²) in [6.45, 7) is 3.72. The summed E-state index contributed by atoms with van der Waals surface area (Å²) in [7, 11) is -3.61. The van der Waals surface area contributed by atoms with Crippen LogP contribution < -0.4 is 4.74 Å². The van der Waals surface area contributed by atoms with Crippen molar-refractivity contribution >= 4 is 26.7 Å². The normalized spacial score (nSPS) is 16.5. The number of hydrogen-bond donors (Lipinski definition) is 0. The van der Waals surface area contributed by atoms with Gasteiger partial charge in [-0.3, -0.25) is 4.79 Å². The van der Waals surface area contributed by atoms with Crippen LogP contribution in [0.2, 0.25) is 0 Å². The van der Waals surface area contributed by atoms with E-state index in [0.29, 0.717) is 31.0 Å². The summed E-state index contributed by atoms with van der Waals surface area (Å²) in [6, 6.07) is 16.7. The Bertz CT molecular complexity index is 1270. The van der Waals surface area contributed by atoms with Crippen molar-refractivity contribution in [2.75, 3.05) is 32.8 Å². The van der Waals surface area contributed by atoms with Gasteiger partial charge in [-0.2, -0.15) is 4.31 Å². The number of rotatable bonds is 5. The van der Waals surface area contributed by atoms with Gasteiger partial charge in [0.15, 0.2) is 0 Å². The minimum atomic E-state index is -3.61. The highest BCUT2D eigenvalue weighted by atomic mass is 32.2. The maximum absolute atomic E-state index is 13.3. The second-order valence-corrected chi connectivity index (χ2v) is 10.2. The van der Waals surface area contributed by atoms with Crippen molar-refractivity contribution in [3.05, 3.63) is 71.3 Å². The van der Waals surface area contributed by atoms with Gasteiger partial charge in [0.1, 0.15) is 5.75 Å². The lowest BCUT2D eigenvalue weighted by atomic mass is 9.99. The molecule has 1 aliphatic carbocycles. The van der Waals surface area contributed by atoms with Gasteiger partial charge in [-0.1, -0.05) is 24.3 Å². The molecule has 1 aliphatic heterocycles. The second kappa shape index (κ2) is 8.22. The van der Waals surface area contributed by atoms with E-state index in [-0.39, 0.29) is 23.9 Å². The largest absolute Gasteiger partial charge is 0.494 e. The summed E-state index contributed by atoms with van der Waals surface area (Å²) in [6.07, 6.45) is 2.04. The van der Waals surface area contributed by atoms with Crippen LogP contribution in [0.15, 0.2) is 59.5 Å². The molecule has 0 bridgehead atoms. The van der Waals surface area contributed by atoms with Gasteiger partial charge < -0.3 is 9.64 Å². The van der Waals surface area contributed by atoms with Crippen molar-refractivity contribution in [1.29, 1.82) is 0 Å². The van der Waals surface area contributed by atoms with Crippen molar-refractivity contribution in [3.63, 3.8) is 0 Å². The fraction of sp³-hybridized carbons (Fsp3) is 0.320. The minimum absolute atomic E-state index is 0.0290. The maximum atomic E-state index is 13.3. The van der Waals surface area contributed by atoms with E-state index in [0.717, 1.165) is 18.2 Å². The number of piperazine rings is 1. The molecule has 1 amide bonds. The Morgan fingerprint density at radius 3 is 2.28 bits per heavy atom. The van der Waals surface area contributed by atoms with Gasteiger partial charge >= 0.3 is 0 Å². The lowest BCUT2D eigenvalue weighted by molar-refractivity contribution is 0.0700. The molecule has 0 N–H and O–H groups in total. The standard InChI is InChI=1S/C25H26N2O4S/c1-2-31-20-9-11-21(12-10-20)32(29,30)27-16-14-26(15-17-27)25(28)23-13-8-19-7-6-18-4-3-5-22(23)24(18)19/h3-5,8-13H,2,6-7,14-17H2,1H3. The average Bonchev–Trinajstić information content (AvgIpc) is 3.24. The quantitative estimate of drug-likeness (QED) is 0.597. The topological polar surface area (TPSA) is 66.9 Å². The predicted molar refractivity (Wildman–Crippen MR) is 124 cm³/mol. The van der Waals surface area contributed by atoms with Crippen LogP contribution in [0.5, 0.6) is 5.75 Å². The third-order valence-corrected chi connectivity index (χ3v) is 8.32. The zero-order valence-corrected chi connectivity index (χ0v) is 18.9. The first-order chi connectivity index (χ1) is 15.5. The molecule has 0 saturated carbocycles. The third kappa shape index (κ3) is 3.55. The number of sulfonamides is 1. The molecule has 1 saturated heterocycles. The number of ether oxygens (including phenoxy) is 1. The molecule has 166 valence electrons. The smallest absolute Gasteiger partial charge is 0.254 e. The molecule has 0 aromatic heterocycles. The molecule has 6 nitrogen and oxygen atoms in total. The Morgan fingerprint density at radius 1 is 0.906 bits per heavy atom. The predicted octanol–water partition coefficient (Wildman–Crippen LogP) is 3.48. The second-order valence-electron chi connectivity index (χ2n) is 8.21. The van der Waals surface area contributed by atoms with E-state index in [1.807, 2.05) is 25.1 Å². The molecular formula is C25H26N2O4S. The number of benzene rings is 3. The molecular weight excluding hydrogens is 424 g/mol. The Labute approximate surface area is 188 Å². The number of aryl methyl sites for hydroxylation is 2. The summed E-state index contributed by atoms with van der Waals surface area (Å²) in [5.41, 5.74) is 3.31. The van der Waals surface area contributed by atoms with Crippen molar-refractivity contribution in [2.24, 2.45) is 0 Å². The highest BCUT2D eigenvalue weighted by molar-refractivity contribution is 7.89. The lowest BCUT2D eigenvalue weighted by Gasteiger charge is -2.34. The van der Waals surface area contributed by atoms with Crippen LogP contribution in [0.3, 0.4) is 0 Å². The summed E-state index contributed by atoms with van der Waals surface area (Å²) < 4.78 is 32.9. The zero-order chi connectivity index (χ0) is 22.3. The van der Waals surface area contributed by atoms with Gasteiger partial charge in [0.2, 0.25) is 10.0 Å². The van der Waals surface area contributed by atoms with Crippen LogP contribution in [0.4, 0.5) is 0 Å². The number of nitrogens with zero attached hydrogens (tertiary/aromatic N) is 2. The van der Waals surface area contributed by atoms with Gasteiger partial charge in [-0.15, -0.1) is 0 Å². The summed E-state index contributed by atoms with van der Waals surface area (Å²) >= 11 is 0. The highest BCUT2D eigenvalue weighted by Gasteiger charge is 2.31. The number of carbonyl (C=O) groups excluding carboxylic acids is 1. The van der Waals surface area contributed by atoms with Crippen LogP contribution in [0.1, 0.15) is 28.4 Å². The van der Waals surface area contributed by atoms with Crippen molar-refractivity contribution in [1.82, 2.24) is 9.21 Å². The maximum Gasteiger partial charge on any atom is 0.254 e. The Balaban J connectivity index is 1.32. The van der Waals surface area contributed by atoms with Crippen molar-refractivity contribution in [2.45, 2.75) is 24.7 Å². The fourth-order valence-corrected chi connectivity index (χ4v) is 6.18. The highest BCUT2D eigenvalue weighted by Crippen LogP contribution is 2.33. The molecule has 1 heterocycles. The van der Waals surface area contributed by atoms with Crippen LogP contribution in [0, 0.1) is 0 Å². The molecule has 0 unspecified atom stereocenters.